The first-order valence-electron chi connectivity index (χ1n) is 5.76. The molecule has 0 aromatic carbocycles. The highest BCUT2D eigenvalue weighted by molar-refractivity contribution is 5.97. The Hall–Kier alpha value is -1.12. The first kappa shape index (κ1) is 10.4. The molecule has 1 aliphatic rings. The summed E-state index contributed by atoms with van der Waals surface area (Å²) in [5.74, 6) is 0.923. The van der Waals surface area contributed by atoms with Crippen molar-refractivity contribution < 1.29 is 4.79 Å². The Balaban J connectivity index is 2.09. The topological polar surface area (TPSA) is 34.9 Å². The lowest BCUT2D eigenvalue weighted by Gasteiger charge is -2.24. The van der Waals surface area contributed by atoms with Gasteiger partial charge in [0.1, 0.15) is 0 Å². The lowest BCUT2D eigenvalue weighted by molar-refractivity contribution is 0.0935. The second-order valence-corrected chi connectivity index (χ2v) is 4.44. The molecular weight excluding hydrogens is 188 g/mol. The van der Waals surface area contributed by atoms with Gasteiger partial charge in [0.05, 0.1) is 11.3 Å². The van der Waals surface area contributed by atoms with Crippen LogP contribution in [-0.2, 0) is 13.5 Å². The monoisotopic (exact) mass is 206 g/mol. The van der Waals surface area contributed by atoms with E-state index in [0.29, 0.717) is 5.92 Å². The second-order valence-electron chi connectivity index (χ2n) is 4.44. The molecule has 0 bridgehead atoms. The van der Waals surface area contributed by atoms with Crippen LogP contribution in [0.25, 0.3) is 0 Å². The van der Waals surface area contributed by atoms with E-state index in [1.807, 2.05) is 20.2 Å². The normalized spacial score (nSPS) is 16.4. The van der Waals surface area contributed by atoms with Gasteiger partial charge in [-0.05, 0) is 12.3 Å². The molecule has 15 heavy (non-hydrogen) atoms. The number of aryl methyl sites for hydroxylation is 2. The predicted octanol–water partition coefficient (Wildman–Crippen LogP) is 2.36. The predicted molar refractivity (Wildman–Crippen MR) is 58.9 cm³/mol. The van der Waals surface area contributed by atoms with Gasteiger partial charge in [0, 0.05) is 19.7 Å². The van der Waals surface area contributed by atoms with Crippen LogP contribution in [0.2, 0.25) is 0 Å². The molecule has 1 aromatic heterocycles. The van der Waals surface area contributed by atoms with Gasteiger partial charge in [-0.2, -0.15) is 5.10 Å². The Morgan fingerprint density at radius 3 is 2.87 bits per heavy atom. The van der Waals surface area contributed by atoms with Crippen molar-refractivity contribution in [3.63, 3.8) is 0 Å². The fraction of sp³-hybridized carbons (Fsp3) is 0.667. The number of carbonyl (C=O) groups is 1. The Bertz CT molecular complexity index is 364. The van der Waals surface area contributed by atoms with Gasteiger partial charge in [-0.1, -0.05) is 26.2 Å². The first-order valence-corrected chi connectivity index (χ1v) is 5.76. The fourth-order valence-electron chi connectivity index (χ4n) is 2.10. The van der Waals surface area contributed by atoms with E-state index in [1.165, 1.54) is 19.3 Å². The Morgan fingerprint density at radius 1 is 1.60 bits per heavy atom. The van der Waals surface area contributed by atoms with Gasteiger partial charge in [-0.3, -0.25) is 9.48 Å². The van der Waals surface area contributed by atoms with Gasteiger partial charge in [-0.15, -0.1) is 0 Å². The Kier molecular flexibility index (Phi) is 2.89. The van der Waals surface area contributed by atoms with Crippen LogP contribution < -0.4 is 0 Å². The summed E-state index contributed by atoms with van der Waals surface area (Å²) < 4.78 is 1.74. The second kappa shape index (κ2) is 4.17. The number of hydrogen-bond donors (Lipinski definition) is 0. The highest BCUT2D eigenvalue weighted by atomic mass is 16.1. The van der Waals surface area contributed by atoms with E-state index in [-0.39, 0.29) is 5.78 Å². The molecule has 0 N–H and O–H groups in total. The van der Waals surface area contributed by atoms with Crippen molar-refractivity contribution in [1.29, 1.82) is 0 Å². The SMILES string of the molecule is CCc1nn(C)cc1C(=O)CC1CCC1. The highest BCUT2D eigenvalue weighted by Gasteiger charge is 2.23. The maximum atomic E-state index is 12.0. The van der Waals surface area contributed by atoms with Crippen LogP contribution in [0.4, 0.5) is 0 Å². The van der Waals surface area contributed by atoms with Crippen molar-refractivity contribution >= 4 is 5.78 Å². The summed E-state index contributed by atoms with van der Waals surface area (Å²) in [6.45, 7) is 2.04. The van der Waals surface area contributed by atoms with E-state index in [1.54, 1.807) is 4.68 Å². The minimum Gasteiger partial charge on any atom is -0.294 e. The molecule has 0 aliphatic heterocycles. The minimum absolute atomic E-state index is 0.282. The summed E-state index contributed by atoms with van der Waals surface area (Å²) in [5, 5.41) is 4.30. The van der Waals surface area contributed by atoms with Crippen molar-refractivity contribution in [2.24, 2.45) is 13.0 Å². The molecule has 1 aliphatic carbocycles. The van der Waals surface area contributed by atoms with Gasteiger partial charge < -0.3 is 0 Å². The van der Waals surface area contributed by atoms with Crippen molar-refractivity contribution in [2.45, 2.75) is 39.0 Å². The summed E-state index contributed by atoms with van der Waals surface area (Å²) in [4.78, 5) is 12.0. The summed E-state index contributed by atoms with van der Waals surface area (Å²) >= 11 is 0. The Labute approximate surface area is 90.5 Å². The number of ketones is 1. The first-order chi connectivity index (χ1) is 7.20. The molecule has 1 fully saturated rings. The summed E-state index contributed by atoms with van der Waals surface area (Å²) in [6.07, 6.45) is 7.18. The van der Waals surface area contributed by atoms with Crippen molar-refractivity contribution in [3.05, 3.63) is 17.5 Å². The Morgan fingerprint density at radius 2 is 2.33 bits per heavy atom. The van der Waals surface area contributed by atoms with E-state index in [4.69, 9.17) is 0 Å². The largest absolute Gasteiger partial charge is 0.294 e. The zero-order valence-corrected chi connectivity index (χ0v) is 9.49. The summed E-state index contributed by atoms with van der Waals surface area (Å²) in [6, 6.07) is 0. The van der Waals surface area contributed by atoms with E-state index >= 15 is 0 Å². The molecule has 2 rings (SSSR count). The molecule has 0 atom stereocenters. The van der Waals surface area contributed by atoms with E-state index in [0.717, 1.165) is 24.1 Å². The third kappa shape index (κ3) is 2.11. The lowest BCUT2D eigenvalue weighted by Crippen LogP contribution is -2.16. The molecule has 0 radical (unpaired) electrons. The molecule has 0 spiro atoms. The lowest BCUT2D eigenvalue weighted by atomic mass is 9.81. The maximum absolute atomic E-state index is 12.0. The molecule has 0 unspecified atom stereocenters. The average Bonchev–Trinajstić information content (AvgIpc) is 2.53. The third-order valence-corrected chi connectivity index (χ3v) is 3.24. The number of hydrogen-bond acceptors (Lipinski definition) is 2. The van der Waals surface area contributed by atoms with Crippen LogP contribution >= 0.6 is 0 Å². The van der Waals surface area contributed by atoms with Crippen LogP contribution in [0.5, 0.6) is 0 Å². The smallest absolute Gasteiger partial charge is 0.166 e. The van der Waals surface area contributed by atoms with Crippen molar-refractivity contribution in [3.8, 4) is 0 Å². The quantitative estimate of drug-likeness (QED) is 0.709. The van der Waals surface area contributed by atoms with Crippen LogP contribution in [0.1, 0.15) is 48.7 Å². The van der Waals surface area contributed by atoms with Gasteiger partial charge in [0.2, 0.25) is 0 Å². The fourth-order valence-corrected chi connectivity index (χ4v) is 2.10. The number of aromatic nitrogens is 2. The minimum atomic E-state index is 0.282. The van der Waals surface area contributed by atoms with Crippen LogP contribution in [0.3, 0.4) is 0 Å². The van der Waals surface area contributed by atoms with E-state index in [9.17, 15) is 4.79 Å². The van der Waals surface area contributed by atoms with E-state index in [2.05, 4.69) is 5.10 Å². The van der Waals surface area contributed by atoms with Crippen LogP contribution in [-0.4, -0.2) is 15.6 Å². The molecule has 1 heterocycles. The van der Waals surface area contributed by atoms with Gasteiger partial charge in [0.25, 0.3) is 0 Å². The summed E-state index contributed by atoms with van der Waals surface area (Å²) in [5.41, 5.74) is 1.79. The van der Waals surface area contributed by atoms with Crippen molar-refractivity contribution in [1.82, 2.24) is 9.78 Å². The van der Waals surface area contributed by atoms with Crippen molar-refractivity contribution in [2.75, 3.05) is 0 Å². The van der Waals surface area contributed by atoms with Gasteiger partial charge in [0.15, 0.2) is 5.78 Å². The van der Waals surface area contributed by atoms with E-state index < -0.39 is 0 Å². The average molecular weight is 206 g/mol. The number of Topliss-reactive ketones (excluding diaryl/α,β-unsaturated/α-hetero) is 1. The maximum Gasteiger partial charge on any atom is 0.166 e. The van der Waals surface area contributed by atoms with Crippen LogP contribution in [0, 0.1) is 5.92 Å². The molecular formula is C12H18N2O. The molecule has 82 valence electrons. The molecule has 3 nitrogen and oxygen atoms in total. The zero-order valence-electron chi connectivity index (χ0n) is 9.49. The zero-order chi connectivity index (χ0) is 10.8. The van der Waals surface area contributed by atoms with Gasteiger partial charge in [-0.25, -0.2) is 0 Å². The molecule has 1 saturated carbocycles. The highest BCUT2D eigenvalue weighted by Crippen LogP contribution is 2.30. The molecule has 0 saturated heterocycles. The molecule has 0 amide bonds. The third-order valence-electron chi connectivity index (χ3n) is 3.24. The number of carbonyl (C=O) groups excluding carboxylic acids is 1. The standard InChI is InChI=1S/C12H18N2O/c1-3-11-10(8-14(2)13-11)12(15)7-9-5-4-6-9/h8-9H,3-7H2,1-2H3. The number of nitrogens with zero attached hydrogens (tertiary/aromatic N) is 2. The molecule has 3 heteroatoms. The van der Waals surface area contributed by atoms with Crippen LogP contribution in [0.15, 0.2) is 6.20 Å². The summed E-state index contributed by atoms with van der Waals surface area (Å²) in [7, 11) is 1.87. The molecule has 1 aromatic rings. The number of rotatable bonds is 4. The van der Waals surface area contributed by atoms with Gasteiger partial charge >= 0.3 is 0 Å².